The van der Waals surface area contributed by atoms with Gasteiger partial charge in [0.15, 0.2) is 5.56 Å². The van der Waals surface area contributed by atoms with Gasteiger partial charge in [-0.2, -0.15) is 14.9 Å². The molecule has 0 atom stereocenters. The van der Waals surface area contributed by atoms with E-state index in [0.717, 1.165) is 17.4 Å². The van der Waals surface area contributed by atoms with Crippen LogP contribution in [-0.2, 0) is 6.54 Å². The fraction of sp³-hybridized carbons (Fsp3) is 0.381. The van der Waals surface area contributed by atoms with Crippen LogP contribution in [-0.4, -0.2) is 36.2 Å². The SMILES string of the molecule is CC(C)(C)Cn1c(O)c(C(=O)NC2CC2)c(=O)n2nc(-c3cnccc3C#N)cc12. The van der Waals surface area contributed by atoms with Crippen molar-refractivity contribution in [3.63, 3.8) is 0 Å². The quantitative estimate of drug-likeness (QED) is 0.683. The van der Waals surface area contributed by atoms with Crippen LogP contribution in [0.4, 0.5) is 0 Å². The van der Waals surface area contributed by atoms with Gasteiger partial charge in [0.1, 0.15) is 5.65 Å². The molecule has 0 saturated heterocycles. The highest BCUT2D eigenvalue weighted by atomic mass is 16.3. The van der Waals surface area contributed by atoms with E-state index in [0.29, 0.717) is 29.0 Å². The first-order valence-electron chi connectivity index (χ1n) is 9.70. The molecular weight excluding hydrogens is 384 g/mol. The number of rotatable bonds is 4. The van der Waals surface area contributed by atoms with Crippen LogP contribution in [0.1, 0.15) is 49.5 Å². The van der Waals surface area contributed by atoms with Crippen molar-refractivity contribution < 1.29 is 9.90 Å². The van der Waals surface area contributed by atoms with Crippen molar-refractivity contribution in [3.8, 4) is 23.2 Å². The lowest BCUT2D eigenvalue weighted by molar-refractivity contribution is 0.0944. The van der Waals surface area contributed by atoms with Crippen molar-refractivity contribution in [2.24, 2.45) is 5.41 Å². The first kappa shape index (κ1) is 19.6. The normalized spacial score (nSPS) is 13.9. The third-order valence-corrected chi connectivity index (χ3v) is 4.84. The molecular formula is C21H22N6O3. The van der Waals surface area contributed by atoms with Crippen molar-refractivity contribution >= 4 is 11.6 Å². The van der Waals surface area contributed by atoms with Gasteiger partial charge in [-0.1, -0.05) is 20.8 Å². The zero-order chi connectivity index (χ0) is 21.6. The smallest absolute Gasteiger partial charge is 0.291 e. The maximum absolute atomic E-state index is 13.1. The average Bonchev–Trinajstić information content (AvgIpc) is 3.38. The summed E-state index contributed by atoms with van der Waals surface area (Å²) in [5.74, 6) is -1.00. The Hall–Kier alpha value is -3.67. The summed E-state index contributed by atoms with van der Waals surface area (Å²) in [7, 11) is 0. The Morgan fingerprint density at radius 2 is 2.13 bits per heavy atom. The Labute approximate surface area is 172 Å². The number of aromatic nitrogens is 4. The molecule has 9 nitrogen and oxygen atoms in total. The molecule has 1 fully saturated rings. The van der Waals surface area contributed by atoms with Crippen LogP contribution in [0.2, 0.25) is 0 Å². The van der Waals surface area contributed by atoms with Crippen LogP contribution < -0.4 is 10.9 Å². The molecule has 1 aliphatic carbocycles. The Bertz CT molecular complexity index is 1250. The summed E-state index contributed by atoms with van der Waals surface area (Å²) in [4.78, 5) is 29.8. The maximum atomic E-state index is 13.1. The molecule has 0 bridgehead atoms. The third kappa shape index (κ3) is 3.52. The minimum absolute atomic E-state index is 0.0322. The first-order valence-corrected chi connectivity index (χ1v) is 9.70. The van der Waals surface area contributed by atoms with Crippen LogP contribution in [0, 0.1) is 16.7 Å². The zero-order valence-corrected chi connectivity index (χ0v) is 17.0. The van der Waals surface area contributed by atoms with E-state index >= 15 is 0 Å². The van der Waals surface area contributed by atoms with E-state index in [1.165, 1.54) is 17.0 Å². The molecule has 1 aliphatic rings. The van der Waals surface area contributed by atoms with E-state index in [4.69, 9.17) is 0 Å². The molecule has 9 heteroatoms. The van der Waals surface area contributed by atoms with Gasteiger partial charge in [-0.15, -0.1) is 0 Å². The standard InChI is InChI=1S/C21H22N6O3/c1-21(2,3)11-26-16-8-15(14-10-23-7-6-12(14)9-22)25-27(16)20(30)17(19(26)29)18(28)24-13-4-5-13/h6-8,10,13,29H,4-5,11H2,1-3H3,(H,24,28). The number of pyridine rings is 1. The van der Waals surface area contributed by atoms with Crippen LogP contribution in [0.25, 0.3) is 16.9 Å². The van der Waals surface area contributed by atoms with Crippen molar-refractivity contribution in [1.29, 1.82) is 5.26 Å². The van der Waals surface area contributed by atoms with Gasteiger partial charge in [-0.05, 0) is 24.3 Å². The summed E-state index contributed by atoms with van der Waals surface area (Å²) >= 11 is 0. The summed E-state index contributed by atoms with van der Waals surface area (Å²) in [6.45, 7) is 6.29. The number of nitrogens with one attached hydrogen (secondary N) is 1. The highest BCUT2D eigenvalue weighted by Crippen LogP contribution is 2.28. The Morgan fingerprint density at radius 3 is 2.77 bits per heavy atom. The van der Waals surface area contributed by atoms with E-state index < -0.39 is 17.3 Å². The summed E-state index contributed by atoms with van der Waals surface area (Å²) in [6, 6.07) is 5.30. The number of amides is 1. The highest BCUT2D eigenvalue weighted by molar-refractivity contribution is 5.96. The number of fused-ring (bicyclic) bond motifs is 1. The Balaban J connectivity index is 1.98. The topological polar surface area (TPSA) is 125 Å². The number of carbonyl (C=O) groups is 1. The van der Waals surface area contributed by atoms with Crippen molar-refractivity contribution in [3.05, 3.63) is 46.0 Å². The van der Waals surface area contributed by atoms with Crippen molar-refractivity contribution in [1.82, 2.24) is 24.5 Å². The molecule has 3 aromatic heterocycles. The molecule has 1 amide bonds. The monoisotopic (exact) mass is 406 g/mol. The molecule has 0 spiro atoms. The predicted octanol–water partition coefficient (Wildman–Crippen LogP) is 2.07. The molecule has 2 N–H and O–H groups in total. The first-order chi connectivity index (χ1) is 14.2. The maximum Gasteiger partial charge on any atom is 0.291 e. The molecule has 30 heavy (non-hydrogen) atoms. The van der Waals surface area contributed by atoms with E-state index in [2.05, 4.69) is 21.5 Å². The Kier molecular flexibility index (Phi) is 4.57. The van der Waals surface area contributed by atoms with Crippen molar-refractivity contribution in [2.75, 3.05) is 0 Å². The predicted molar refractivity (Wildman–Crippen MR) is 109 cm³/mol. The summed E-state index contributed by atoms with van der Waals surface area (Å²) in [6.07, 6.45) is 4.71. The van der Waals surface area contributed by atoms with Crippen LogP contribution in [0.5, 0.6) is 5.88 Å². The second-order valence-corrected chi connectivity index (χ2v) is 8.73. The number of nitriles is 1. The fourth-order valence-electron chi connectivity index (χ4n) is 3.30. The molecule has 0 radical (unpaired) electrons. The van der Waals surface area contributed by atoms with Crippen LogP contribution >= 0.6 is 0 Å². The minimum Gasteiger partial charge on any atom is -0.494 e. The summed E-state index contributed by atoms with van der Waals surface area (Å²) in [5.41, 5.74) is 0.220. The van der Waals surface area contributed by atoms with Crippen LogP contribution in [0.15, 0.2) is 29.3 Å². The number of aromatic hydroxyl groups is 1. The molecule has 3 aromatic rings. The fourth-order valence-corrected chi connectivity index (χ4v) is 3.30. The number of carbonyl (C=O) groups excluding carboxylic acids is 1. The summed E-state index contributed by atoms with van der Waals surface area (Å²) < 4.78 is 2.62. The largest absolute Gasteiger partial charge is 0.494 e. The molecule has 4 rings (SSSR count). The van der Waals surface area contributed by atoms with E-state index in [9.17, 15) is 20.0 Å². The van der Waals surface area contributed by atoms with Gasteiger partial charge < -0.3 is 10.4 Å². The zero-order valence-electron chi connectivity index (χ0n) is 17.0. The van der Waals surface area contributed by atoms with Gasteiger partial charge >= 0.3 is 0 Å². The highest BCUT2D eigenvalue weighted by Gasteiger charge is 2.30. The second-order valence-electron chi connectivity index (χ2n) is 8.73. The van der Waals surface area contributed by atoms with Gasteiger partial charge in [0, 0.05) is 36.6 Å². The van der Waals surface area contributed by atoms with Gasteiger partial charge in [-0.3, -0.25) is 19.1 Å². The molecule has 3 heterocycles. The van der Waals surface area contributed by atoms with Gasteiger partial charge in [0.05, 0.1) is 17.3 Å². The van der Waals surface area contributed by atoms with Crippen molar-refractivity contribution in [2.45, 2.75) is 46.2 Å². The molecule has 0 aliphatic heterocycles. The molecule has 0 unspecified atom stereocenters. The molecule has 154 valence electrons. The third-order valence-electron chi connectivity index (χ3n) is 4.84. The second kappa shape index (κ2) is 6.99. The number of nitrogens with zero attached hydrogens (tertiary/aromatic N) is 5. The minimum atomic E-state index is -0.709. The van der Waals surface area contributed by atoms with E-state index in [1.807, 2.05) is 20.8 Å². The number of hydrogen-bond donors (Lipinski definition) is 2. The van der Waals surface area contributed by atoms with Crippen LogP contribution in [0.3, 0.4) is 0 Å². The average molecular weight is 406 g/mol. The number of hydrogen-bond acceptors (Lipinski definition) is 6. The Morgan fingerprint density at radius 1 is 1.40 bits per heavy atom. The van der Waals surface area contributed by atoms with Gasteiger partial charge in [0.2, 0.25) is 5.88 Å². The van der Waals surface area contributed by atoms with Gasteiger partial charge in [0.25, 0.3) is 11.5 Å². The lowest BCUT2D eigenvalue weighted by atomic mass is 9.96. The molecule has 0 aromatic carbocycles. The lowest BCUT2D eigenvalue weighted by Gasteiger charge is -2.23. The van der Waals surface area contributed by atoms with Gasteiger partial charge in [-0.25, -0.2) is 0 Å². The lowest BCUT2D eigenvalue weighted by Crippen LogP contribution is -2.35. The summed E-state index contributed by atoms with van der Waals surface area (Å²) in [5, 5.41) is 27.4. The van der Waals surface area contributed by atoms with E-state index in [-0.39, 0.29) is 17.0 Å². The van der Waals surface area contributed by atoms with E-state index in [1.54, 1.807) is 12.1 Å². The molecule has 1 saturated carbocycles.